The van der Waals surface area contributed by atoms with Crippen LogP contribution in [0.25, 0.3) is 0 Å². The molecule has 0 radical (unpaired) electrons. The number of hydrogen-bond acceptors (Lipinski definition) is 2. The summed E-state index contributed by atoms with van der Waals surface area (Å²) in [5.74, 6) is 0. The van der Waals surface area contributed by atoms with Crippen molar-refractivity contribution in [2.75, 3.05) is 0 Å². The molecule has 2 N–H and O–H groups in total. The molecule has 1 aromatic heterocycles. The highest BCUT2D eigenvalue weighted by molar-refractivity contribution is 6.30. The molecule has 3 nitrogen and oxygen atoms in total. The van der Waals surface area contributed by atoms with Gasteiger partial charge in [0.2, 0.25) is 0 Å². The first-order valence-corrected chi connectivity index (χ1v) is 8.07. The van der Waals surface area contributed by atoms with Gasteiger partial charge < -0.3 is 5.73 Å². The molecule has 1 aliphatic rings. The van der Waals surface area contributed by atoms with Crippen LogP contribution in [0.2, 0.25) is 5.02 Å². The van der Waals surface area contributed by atoms with Crippen molar-refractivity contribution in [3.63, 3.8) is 0 Å². The number of aryl methyl sites for hydroxylation is 1. The number of hydrogen-bond donors (Lipinski definition) is 1. The highest BCUT2D eigenvalue weighted by Crippen LogP contribution is 2.29. The Morgan fingerprint density at radius 3 is 2.81 bits per heavy atom. The van der Waals surface area contributed by atoms with E-state index in [0.29, 0.717) is 6.04 Å². The first-order chi connectivity index (χ1) is 10.1. The fourth-order valence-corrected chi connectivity index (χ4v) is 3.48. The Bertz CT molecular complexity index is 614. The number of nitrogens with two attached hydrogens (primary N) is 1. The van der Waals surface area contributed by atoms with E-state index in [2.05, 4.69) is 23.9 Å². The van der Waals surface area contributed by atoms with Crippen molar-refractivity contribution in [1.29, 1.82) is 0 Å². The summed E-state index contributed by atoms with van der Waals surface area (Å²) in [6, 6.07) is 8.55. The Morgan fingerprint density at radius 1 is 1.33 bits per heavy atom. The lowest BCUT2D eigenvalue weighted by Crippen LogP contribution is -2.15. The van der Waals surface area contributed by atoms with Gasteiger partial charge in [0.1, 0.15) is 0 Å². The maximum Gasteiger partial charge on any atom is 0.0643 e. The molecule has 1 unspecified atom stereocenters. The first kappa shape index (κ1) is 14.6. The van der Waals surface area contributed by atoms with E-state index >= 15 is 0 Å². The van der Waals surface area contributed by atoms with Crippen molar-refractivity contribution < 1.29 is 0 Å². The molecule has 1 saturated carbocycles. The van der Waals surface area contributed by atoms with Gasteiger partial charge in [-0.15, -0.1) is 0 Å². The molecular formula is C17H22ClN3. The third-order valence-electron chi connectivity index (χ3n) is 4.42. The van der Waals surface area contributed by atoms with Gasteiger partial charge in [-0.1, -0.05) is 30.5 Å². The molecule has 1 fully saturated rings. The predicted molar refractivity (Wildman–Crippen MR) is 86.6 cm³/mol. The second-order valence-electron chi connectivity index (χ2n) is 6.04. The smallest absolute Gasteiger partial charge is 0.0643 e. The summed E-state index contributed by atoms with van der Waals surface area (Å²) >= 11 is 6.00. The maximum absolute atomic E-state index is 6.35. The number of benzene rings is 1. The topological polar surface area (TPSA) is 43.8 Å². The zero-order valence-electron chi connectivity index (χ0n) is 12.4. The fourth-order valence-electron chi connectivity index (χ4n) is 3.25. The fraction of sp³-hybridized carbons (Fsp3) is 0.471. The number of rotatable bonds is 4. The Balaban J connectivity index is 1.70. The molecule has 21 heavy (non-hydrogen) atoms. The Morgan fingerprint density at radius 2 is 2.10 bits per heavy atom. The van der Waals surface area contributed by atoms with Crippen LogP contribution in [0.5, 0.6) is 0 Å². The zero-order chi connectivity index (χ0) is 14.8. The van der Waals surface area contributed by atoms with E-state index in [0.717, 1.165) is 28.3 Å². The van der Waals surface area contributed by atoms with Gasteiger partial charge in [-0.2, -0.15) is 5.10 Å². The Labute approximate surface area is 131 Å². The minimum atomic E-state index is -0.0332. The highest BCUT2D eigenvalue weighted by atomic mass is 35.5. The summed E-state index contributed by atoms with van der Waals surface area (Å²) in [5, 5.41) is 5.47. The van der Waals surface area contributed by atoms with E-state index < -0.39 is 0 Å². The average molecular weight is 304 g/mol. The second kappa shape index (κ2) is 6.20. The van der Waals surface area contributed by atoms with Crippen LogP contribution in [0, 0.1) is 6.92 Å². The van der Waals surface area contributed by atoms with Gasteiger partial charge in [-0.25, -0.2) is 0 Å². The van der Waals surface area contributed by atoms with Crippen molar-refractivity contribution in [3.8, 4) is 0 Å². The van der Waals surface area contributed by atoms with Crippen molar-refractivity contribution in [1.82, 2.24) is 9.78 Å². The van der Waals surface area contributed by atoms with Gasteiger partial charge in [0, 0.05) is 23.7 Å². The molecule has 1 aromatic carbocycles. The number of nitrogens with zero attached hydrogens (tertiary/aromatic N) is 2. The molecule has 1 atom stereocenters. The van der Waals surface area contributed by atoms with Crippen molar-refractivity contribution in [2.24, 2.45) is 5.73 Å². The number of halogens is 1. The van der Waals surface area contributed by atoms with Crippen LogP contribution in [0.4, 0.5) is 0 Å². The molecule has 1 heterocycles. The second-order valence-corrected chi connectivity index (χ2v) is 6.47. The zero-order valence-corrected chi connectivity index (χ0v) is 13.2. The quantitative estimate of drug-likeness (QED) is 0.920. The van der Waals surface area contributed by atoms with Gasteiger partial charge in [0.25, 0.3) is 0 Å². The predicted octanol–water partition coefficient (Wildman–Crippen LogP) is 4.20. The van der Waals surface area contributed by atoms with Crippen LogP contribution >= 0.6 is 11.6 Å². The lowest BCUT2D eigenvalue weighted by atomic mass is 9.98. The molecular weight excluding hydrogens is 282 g/mol. The Hall–Kier alpha value is -1.32. The third kappa shape index (κ3) is 3.30. The van der Waals surface area contributed by atoms with Gasteiger partial charge in [0.15, 0.2) is 0 Å². The van der Waals surface area contributed by atoms with E-state index in [9.17, 15) is 0 Å². The summed E-state index contributed by atoms with van der Waals surface area (Å²) in [7, 11) is 0. The van der Waals surface area contributed by atoms with Gasteiger partial charge in [0.05, 0.1) is 11.7 Å². The molecule has 1 aliphatic carbocycles. The largest absolute Gasteiger partial charge is 0.324 e. The maximum atomic E-state index is 6.35. The van der Waals surface area contributed by atoms with E-state index in [-0.39, 0.29) is 6.04 Å². The van der Waals surface area contributed by atoms with Gasteiger partial charge in [-0.3, -0.25) is 4.68 Å². The molecule has 4 heteroatoms. The molecule has 0 saturated heterocycles. The lowest BCUT2D eigenvalue weighted by Gasteiger charge is -2.14. The van der Waals surface area contributed by atoms with Crippen LogP contribution in [-0.2, 0) is 6.42 Å². The monoisotopic (exact) mass is 303 g/mol. The van der Waals surface area contributed by atoms with E-state index in [1.165, 1.54) is 25.7 Å². The molecule has 0 bridgehead atoms. The standard InChI is InChI=1S/C17H22ClN3/c1-12-10-13(18)6-7-16(12)17(19)11-14-8-9-21(20-14)15-4-2-3-5-15/h6-10,15,17H,2-5,11,19H2,1H3. The highest BCUT2D eigenvalue weighted by Gasteiger charge is 2.18. The minimum absolute atomic E-state index is 0.0332. The van der Waals surface area contributed by atoms with Crippen LogP contribution < -0.4 is 5.73 Å². The summed E-state index contributed by atoms with van der Waals surface area (Å²) in [6.07, 6.45) is 8.02. The SMILES string of the molecule is Cc1cc(Cl)ccc1C(N)Cc1ccn(C2CCCC2)n1. The molecule has 2 aromatic rings. The van der Waals surface area contributed by atoms with Crippen LogP contribution in [-0.4, -0.2) is 9.78 Å². The van der Waals surface area contributed by atoms with Gasteiger partial charge in [-0.05, 0) is 49.1 Å². The summed E-state index contributed by atoms with van der Waals surface area (Å²) < 4.78 is 2.13. The Kier molecular flexibility index (Phi) is 4.32. The van der Waals surface area contributed by atoms with E-state index in [1.807, 2.05) is 18.2 Å². The van der Waals surface area contributed by atoms with Crippen molar-refractivity contribution in [2.45, 2.75) is 51.1 Å². The molecule has 112 valence electrons. The lowest BCUT2D eigenvalue weighted by molar-refractivity contribution is 0.461. The van der Waals surface area contributed by atoms with Crippen LogP contribution in [0.1, 0.15) is 54.6 Å². The summed E-state index contributed by atoms with van der Waals surface area (Å²) in [4.78, 5) is 0. The molecule has 0 spiro atoms. The van der Waals surface area contributed by atoms with Crippen LogP contribution in [0.3, 0.4) is 0 Å². The minimum Gasteiger partial charge on any atom is -0.324 e. The number of aromatic nitrogens is 2. The third-order valence-corrected chi connectivity index (χ3v) is 4.66. The molecule has 0 aliphatic heterocycles. The molecule has 3 rings (SSSR count). The van der Waals surface area contributed by atoms with E-state index in [4.69, 9.17) is 22.4 Å². The van der Waals surface area contributed by atoms with Gasteiger partial charge >= 0.3 is 0 Å². The first-order valence-electron chi connectivity index (χ1n) is 7.69. The summed E-state index contributed by atoms with van der Waals surface area (Å²) in [5.41, 5.74) is 9.71. The normalized spacial score (nSPS) is 17.3. The van der Waals surface area contributed by atoms with Crippen molar-refractivity contribution >= 4 is 11.6 Å². The molecule has 0 amide bonds. The summed E-state index contributed by atoms with van der Waals surface area (Å²) in [6.45, 7) is 2.05. The average Bonchev–Trinajstić information content (AvgIpc) is 3.08. The van der Waals surface area contributed by atoms with Crippen molar-refractivity contribution in [3.05, 3.63) is 52.3 Å². The van der Waals surface area contributed by atoms with Crippen LogP contribution in [0.15, 0.2) is 30.5 Å². The van der Waals surface area contributed by atoms with E-state index in [1.54, 1.807) is 0 Å².